The number of rotatable bonds is 5. The highest BCUT2D eigenvalue weighted by Gasteiger charge is 2.14. The molecule has 0 saturated carbocycles. The zero-order chi connectivity index (χ0) is 13.1. The Morgan fingerprint density at radius 3 is 2.83 bits per heavy atom. The van der Waals surface area contributed by atoms with Gasteiger partial charge in [-0.15, -0.1) is 0 Å². The molecular weight excluding hydrogens is 229 g/mol. The molecule has 4 heteroatoms. The summed E-state index contributed by atoms with van der Waals surface area (Å²) in [7, 11) is 0. The fourth-order valence-corrected chi connectivity index (χ4v) is 2.17. The number of hydrogen-bond donors (Lipinski definition) is 1. The summed E-state index contributed by atoms with van der Waals surface area (Å²) in [6.07, 6.45) is 2.60. The van der Waals surface area contributed by atoms with Crippen LogP contribution in [0.1, 0.15) is 32.5 Å². The molecule has 98 valence electrons. The van der Waals surface area contributed by atoms with Crippen molar-refractivity contribution in [1.29, 1.82) is 0 Å². The Labute approximate surface area is 107 Å². The molecule has 2 rings (SSSR count). The van der Waals surface area contributed by atoms with Gasteiger partial charge in [-0.05, 0) is 25.0 Å². The Morgan fingerprint density at radius 1 is 1.39 bits per heavy atom. The average Bonchev–Trinajstić information content (AvgIpc) is 2.70. The maximum Gasteiger partial charge on any atom is 0.151 e. The smallest absolute Gasteiger partial charge is 0.151 e. The van der Waals surface area contributed by atoms with Crippen LogP contribution in [0.4, 0.5) is 4.39 Å². The lowest BCUT2D eigenvalue weighted by Crippen LogP contribution is -2.23. The standard InChI is InChI=1S/C14H20FN3/c1-3-8-18-12-7-5-6-11(15)14(12)17-13(18)9-10(16)4-2/h5-7,10H,3-4,8-9,16H2,1-2H3. The molecule has 2 aromatic rings. The minimum atomic E-state index is -0.256. The van der Waals surface area contributed by atoms with Crippen molar-refractivity contribution in [3.8, 4) is 0 Å². The number of hydrogen-bond acceptors (Lipinski definition) is 2. The van der Waals surface area contributed by atoms with Gasteiger partial charge in [-0.25, -0.2) is 9.37 Å². The van der Waals surface area contributed by atoms with Gasteiger partial charge in [0.1, 0.15) is 11.3 Å². The highest BCUT2D eigenvalue weighted by atomic mass is 19.1. The van der Waals surface area contributed by atoms with Crippen molar-refractivity contribution in [1.82, 2.24) is 9.55 Å². The molecule has 3 nitrogen and oxygen atoms in total. The van der Waals surface area contributed by atoms with Crippen LogP contribution in [0.15, 0.2) is 18.2 Å². The summed E-state index contributed by atoms with van der Waals surface area (Å²) < 4.78 is 15.8. The summed E-state index contributed by atoms with van der Waals surface area (Å²) in [4.78, 5) is 4.43. The SMILES string of the molecule is CCCn1c(CC(N)CC)nc2c(F)cccc21. The van der Waals surface area contributed by atoms with Crippen molar-refractivity contribution >= 4 is 11.0 Å². The number of aryl methyl sites for hydroxylation is 1. The van der Waals surface area contributed by atoms with Crippen molar-refractivity contribution in [3.05, 3.63) is 29.8 Å². The van der Waals surface area contributed by atoms with Gasteiger partial charge in [0.15, 0.2) is 5.82 Å². The van der Waals surface area contributed by atoms with Crippen molar-refractivity contribution in [2.45, 2.75) is 45.7 Å². The Kier molecular flexibility index (Phi) is 3.97. The number of aromatic nitrogens is 2. The molecule has 0 spiro atoms. The Hall–Kier alpha value is -1.42. The van der Waals surface area contributed by atoms with Crippen LogP contribution in [-0.4, -0.2) is 15.6 Å². The van der Waals surface area contributed by atoms with Crippen LogP contribution in [0.5, 0.6) is 0 Å². The van der Waals surface area contributed by atoms with E-state index in [1.54, 1.807) is 6.07 Å². The van der Waals surface area contributed by atoms with Gasteiger partial charge >= 0.3 is 0 Å². The fourth-order valence-electron chi connectivity index (χ4n) is 2.17. The van der Waals surface area contributed by atoms with Gasteiger partial charge in [-0.2, -0.15) is 0 Å². The van der Waals surface area contributed by atoms with Gasteiger partial charge in [0.2, 0.25) is 0 Å². The fraction of sp³-hybridized carbons (Fsp3) is 0.500. The average molecular weight is 249 g/mol. The summed E-state index contributed by atoms with van der Waals surface area (Å²) in [6.45, 7) is 5.01. The predicted molar refractivity (Wildman–Crippen MR) is 72.0 cm³/mol. The quantitative estimate of drug-likeness (QED) is 0.885. The highest BCUT2D eigenvalue weighted by molar-refractivity contribution is 5.76. The van der Waals surface area contributed by atoms with Crippen LogP contribution in [0.25, 0.3) is 11.0 Å². The van der Waals surface area contributed by atoms with E-state index in [1.807, 2.05) is 6.07 Å². The molecule has 0 saturated heterocycles. The third kappa shape index (κ3) is 2.38. The van der Waals surface area contributed by atoms with Crippen LogP contribution < -0.4 is 5.73 Å². The maximum absolute atomic E-state index is 13.7. The summed E-state index contributed by atoms with van der Waals surface area (Å²) in [5, 5.41) is 0. The monoisotopic (exact) mass is 249 g/mol. The van der Waals surface area contributed by atoms with E-state index in [4.69, 9.17) is 5.73 Å². The molecule has 1 aromatic carbocycles. The number of halogens is 1. The summed E-state index contributed by atoms with van der Waals surface area (Å²) in [5.41, 5.74) is 7.32. The number of benzene rings is 1. The lowest BCUT2D eigenvalue weighted by atomic mass is 10.1. The van der Waals surface area contributed by atoms with Crippen molar-refractivity contribution in [3.63, 3.8) is 0 Å². The van der Waals surface area contributed by atoms with Crippen LogP contribution >= 0.6 is 0 Å². The maximum atomic E-state index is 13.7. The molecule has 2 N–H and O–H groups in total. The molecule has 0 aliphatic carbocycles. The highest BCUT2D eigenvalue weighted by Crippen LogP contribution is 2.20. The van der Waals surface area contributed by atoms with Gasteiger partial charge in [-0.1, -0.05) is 19.9 Å². The summed E-state index contributed by atoms with van der Waals surface area (Å²) in [6, 6.07) is 5.19. The molecular formula is C14H20FN3. The molecule has 0 bridgehead atoms. The third-order valence-electron chi connectivity index (χ3n) is 3.23. The van der Waals surface area contributed by atoms with Gasteiger partial charge in [0, 0.05) is 19.0 Å². The number of para-hydroxylation sites is 1. The predicted octanol–water partition coefficient (Wildman–Crippen LogP) is 2.87. The second-order valence-corrected chi connectivity index (χ2v) is 4.66. The van der Waals surface area contributed by atoms with Gasteiger partial charge in [0.05, 0.1) is 5.52 Å². The van der Waals surface area contributed by atoms with E-state index in [0.29, 0.717) is 11.9 Å². The molecule has 1 heterocycles. The largest absolute Gasteiger partial charge is 0.328 e. The van der Waals surface area contributed by atoms with Crippen molar-refractivity contribution < 1.29 is 4.39 Å². The molecule has 0 aliphatic heterocycles. The summed E-state index contributed by atoms with van der Waals surface area (Å²) >= 11 is 0. The van der Waals surface area contributed by atoms with E-state index < -0.39 is 0 Å². The Balaban J connectivity index is 2.50. The topological polar surface area (TPSA) is 43.8 Å². The first-order valence-electron chi connectivity index (χ1n) is 6.56. The molecule has 0 fully saturated rings. The molecule has 1 atom stereocenters. The normalized spacial score (nSPS) is 13.1. The van der Waals surface area contributed by atoms with Crippen LogP contribution in [0, 0.1) is 5.82 Å². The molecule has 0 amide bonds. The molecule has 1 unspecified atom stereocenters. The molecule has 1 aromatic heterocycles. The second kappa shape index (κ2) is 5.48. The number of nitrogens with two attached hydrogens (primary N) is 1. The zero-order valence-electron chi connectivity index (χ0n) is 11.0. The van der Waals surface area contributed by atoms with E-state index >= 15 is 0 Å². The number of nitrogens with zero attached hydrogens (tertiary/aromatic N) is 2. The zero-order valence-corrected chi connectivity index (χ0v) is 11.0. The first-order chi connectivity index (χ1) is 8.67. The van der Waals surface area contributed by atoms with Crippen LogP contribution in [0.3, 0.4) is 0 Å². The van der Waals surface area contributed by atoms with Crippen LogP contribution in [-0.2, 0) is 13.0 Å². The molecule has 0 radical (unpaired) electrons. The van der Waals surface area contributed by atoms with Crippen molar-refractivity contribution in [2.75, 3.05) is 0 Å². The number of fused-ring (bicyclic) bond motifs is 1. The minimum Gasteiger partial charge on any atom is -0.328 e. The van der Waals surface area contributed by atoms with E-state index in [9.17, 15) is 4.39 Å². The Bertz CT molecular complexity index is 533. The first-order valence-corrected chi connectivity index (χ1v) is 6.56. The minimum absolute atomic E-state index is 0.0838. The van der Waals surface area contributed by atoms with E-state index in [0.717, 1.165) is 30.7 Å². The number of imidazole rings is 1. The Morgan fingerprint density at radius 2 is 2.17 bits per heavy atom. The first kappa shape index (κ1) is 13.0. The van der Waals surface area contributed by atoms with E-state index in [-0.39, 0.29) is 11.9 Å². The molecule has 0 aliphatic rings. The lowest BCUT2D eigenvalue weighted by Gasteiger charge is -2.11. The second-order valence-electron chi connectivity index (χ2n) is 4.66. The third-order valence-corrected chi connectivity index (χ3v) is 3.23. The van der Waals surface area contributed by atoms with Gasteiger partial charge < -0.3 is 10.3 Å². The lowest BCUT2D eigenvalue weighted by molar-refractivity contribution is 0.581. The molecule has 18 heavy (non-hydrogen) atoms. The van der Waals surface area contributed by atoms with Crippen LogP contribution in [0.2, 0.25) is 0 Å². The van der Waals surface area contributed by atoms with Gasteiger partial charge in [-0.3, -0.25) is 0 Å². The van der Waals surface area contributed by atoms with E-state index in [2.05, 4.69) is 23.4 Å². The van der Waals surface area contributed by atoms with Crippen molar-refractivity contribution in [2.24, 2.45) is 5.73 Å². The van der Waals surface area contributed by atoms with Gasteiger partial charge in [0.25, 0.3) is 0 Å². The van der Waals surface area contributed by atoms with E-state index in [1.165, 1.54) is 6.07 Å². The summed E-state index contributed by atoms with van der Waals surface area (Å²) in [5.74, 6) is 0.639.